The minimum atomic E-state index is -5.43. The van der Waals surface area contributed by atoms with Crippen LogP contribution in [-0.2, 0) is 14.6 Å². The number of sulfone groups is 1. The number of hydrogen-bond acceptors (Lipinski definition) is 5. The molecule has 1 aliphatic heterocycles. The molecule has 1 atom stereocenters. The maximum absolute atomic E-state index is 12.6. The summed E-state index contributed by atoms with van der Waals surface area (Å²) in [6.07, 6.45) is 3.36. The second kappa shape index (κ2) is 8.27. The summed E-state index contributed by atoms with van der Waals surface area (Å²) in [6.45, 7) is 2.76. The van der Waals surface area contributed by atoms with Gasteiger partial charge in [-0.1, -0.05) is 24.6 Å². The van der Waals surface area contributed by atoms with E-state index in [0.29, 0.717) is 29.5 Å². The first kappa shape index (κ1) is 22.1. The molecule has 3 rings (SSSR count). The number of carbonyl (C=O) groups excluding carboxylic acids is 1. The molecule has 1 aromatic heterocycles. The van der Waals surface area contributed by atoms with Crippen molar-refractivity contribution in [3.05, 3.63) is 59.3 Å². The molecular weight excluding hydrogens is 443 g/mol. The molecule has 0 unspecified atom stereocenters. The van der Waals surface area contributed by atoms with Crippen molar-refractivity contribution in [2.24, 2.45) is 5.92 Å². The first-order chi connectivity index (χ1) is 14.0. The summed E-state index contributed by atoms with van der Waals surface area (Å²) in [6, 6.07) is 7.29. The van der Waals surface area contributed by atoms with Crippen molar-refractivity contribution in [1.29, 1.82) is 0 Å². The van der Waals surface area contributed by atoms with E-state index < -0.39 is 26.1 Å². The number of anilines is 2. The van der Waals surface area contributed by atoms with Crippen molar-refractivity contribution in [3.63, 3.8) is 0 Å². The number of hydrogen-bond donors (Lipinski definition) is 1. The molecule has 160 valence electrons. The third-order valence-electron chi connectivity index (χ3n) is 4.58. The lowest BCUT2D eigenvalue weighted by Crippen LogP contribution is -2.37. The Morgan fingerprint density at radius 1 is 1.23 bits per heavy atom. The van der Waals surface area contributed by atoms with Gasteiger partial charge in [-0.15, -0.1) is 0 Å². The average molecular weight is 460 g/mol. The zero-order valence-corrected chi connectivity index (χ0v) is 17.2. The number of aromatic nitrogens is 1. The van der Waals surface area contributed by atoms with Crippen molar-refractivity contribution < 1.29 is 26.4 Å². The van der Waals surface area contributed by atoms with Gasteiger partial charge in [0, 0.05) is 36.5 Å². The van der Waals surface area contributed by atoms with Gasteiger partial charge in [0.2, 0.25) is 0 Å². The number of nitrogens with one attached hydrogen (secondary N) is 1. The van der Waals surface area contributed by atoms with Crippen molar-refractivity contribution >= 4 is 38.9 Å². The fraction of sp³-hybridized carbons (Fsp3) is 0.263. The van der Waals surface area contributed by atoms with E-state index in [-0.39, 0.29) is 11.6 Å². The highest BCUT2D eigenvalue weighted by molar-refractivity contribution is 7.92. The summed E-state index contributed by atoms with van der Waals surface area (Å²) in [5, 5.41) is 3.08. The number of rotatable bonds is 4. The normalized spacial score (nSPS) is 17.4. The van der Waals surface area contributed by atoms with E-state index in [1.54, 1.807) is 24.4 Å². The molecule has 1 aliphatic rings. The van der Waals surface area contributed by atoms with Crippen LogP contribution in [0.25, 0.3) is 0 Å². The Kier molecular flexibility index (Phi) is 6.09. The Morgan fingerprint density at radius 3 is 2.47 bits per heavy atom. The summed E-state index contributed by atoms with van der Waals surface area (Å²) in [5.41, 5.74) is -4.70. The first-order valence-electron chi connectivity index (χ1n) is 8.79. The van der Waals surface area contributed by atoms with Crippen LogP contribution in [0.2, 0.25) is 5.02 Å². The monoisotopic (exact) mass is 459 g/mol. The average Bonchev–Trinajstić information content (AvgIpc) is 2.67. The molecule has 0 radical (unpaired) electrons. The molecule has 11 heteroatoms. The number of halogens is 4. The molecule has 0 saturated heterocycles. The van der Waals surface area contributed by atoms with Crippen LogP contribution >= 0.6 is 11.6 Å². The summed E-state index contributed by atoms with van der Waals surface area (Å²) in [5.74, 6) is 0.0330. The fourth-order valence-electron chi connectivity index (χ4n) is 3.07. The second-order valence-electron chi connectivity index (χ2n) is 6.70. The number of alkyl halides is 3. The van der Waals surface area contributed by atoms with Gasteiger partial charge in [-0.05, 0) is 36.4 Å². The molecule has 2 aromatic rings. The number of nitrogens with zero attached hydrogens (tertiary/aromatic N) is 2. The Bertz CT molecular complexity index is 1090. The molecule has 0 fully saturated rings. The van der Waals surface area contributed by atoms with Crippen LogP contribution in [0.5, 0.6) is 0 Å². The zero-order chi connectivity index (χ0) is 22.1. The minimum absolute atomic E-state index is 0.165. The minimum Gasteiger partial charge on any atom is -0.351 e. The molecule has 2 heterocycles. The topological polar surface area (TPSA) is 79.4 Å². The van der Waals surface area contributed by atoms with E-state index in [1.165, 1.54) is 0 Å². The lowest BCUT2D eigenvalue weighted by atomic mass is 9.95. The van der Waals surface area contributed by atoms with Crippen molar-refractivity contribution in [3.8, 4) is 0 Å². The van der Waals surface area contributed by atoms with E-state index >= 15 is 0 Å². The van der Waals surface area contributed by atoms with E-state index in [0.717, 1.165) is 24.3 Å². The first-order valence-corrected chi connectivity index (χ1v) is 10.6. The standard InChI is InChI=1S/C19H17ClF3N3O3S/c1-12-11-26(17-16(20)3-2-9-24-17)10-8-15(12)18(27)25-13-4-6-14(7-5-13)30(28,29)19(21,22)23/h2-9,12H,10-11H2,1H3,(H,25,27)/t12-/m1/s1. The van der Waals surface area contributed by atoms with E-state index in [2.05, 4.69) is 10.3 Å². The highest BCUT2D eigenvalue weighted by atomic mass is 35.5. The Hall–Kier alpha value is -2.59. The fourth-order valence-corrected chi connectivity index (χ4v) is 4.07. The number of amides is 1. The van der Waals surface area contributed by atoms with Crippen molar-refractivity contribution in [2.75, 3.05) is 23.3 Å². The molecule has 0 bridgehead atoms. The lowest BCUT2D eigenvalue weighted by Gasteiger charge is -2.31. The third-order valence-corrected chi connectivity index (χ3v) is 6.38. The molecule has 6 nitrogen and oxygen atoms in total. The van der Waals surface area contributed by atoms with Gasteiger partial charge in [-0.25, -0.2) is 13.4 Å². The quantitative estimate of drug-likeness (QED) is 0.746. The second-order valence-corrected chi connectivity index (χ2v) is 9.05. The van der Waals surface area contributed by atoms with Crippen LogP contribution in [0.3, 0.4) is 0 Å². The van der Waals surface area contributed by atoms with Gasteiger partial charge < -0.3 is 10.2 Å². The van der Waals surface area contributed by atoms with Gasteiger partial charge in [0.05, 0.1) is 9.92 Å². The summed E-state index contributed by atoms with van der Waals surface area (Å²) in [7, 11) is -5.43. The van der Waals surface area contributed by atoms with Gasteiger partial charge in [0.15, 0.2) is 0 Å². The van der Waals surface area contributed by atoms with Crippen LogP contribution in [-0.4, -0.2) is 37.9 Å². The van der Waals surface area contributed by atoms with E-state index in [4.69, 9.17) is 11.6 Å². The van der Waals surface area contributed by atoms with Crippen molar-refractivity contribution in [2.45, 2.75) is 17.3 Å². The largest absolute Gasteiger partial charge is 0.501 e. The molecule has 1 aromatic carbocycles. The van der Waals surface area contributed by atoms with E-state index in [9.17, 15) is 26.4 Å². The summed E-state index contributed by atoms with van der Waals surface area (Å²) < 4.78 is 60.7. The van der Waals surface area contributed by atoms with Crippen molar-refractivity contribution in [1.82, 2.24) is 4.98 Å². The molecule has 1 N–H and O–H groups in total. The third kappa shape index (κ3) is 4.44. The molecule has 0 aliphatic carbocycles. The number of pyridine rings is 1. The maximum Gasteiger partial charge on any atom is 0.501 e. The van der Waals surface area contributed by atoms with Crippen LogP contribution in [0.1, 0.15) is 6.92 Å². The SMILES string of the molecule is C[C@@H]1CN(c2ncccc2Cl)CC=C1C(=O)Nc1ccc(S(=O)(=O)C(F)(F)F)cc1. The summed E-state index contributed by atoms with van der Waals surface area (Å²) >= 11 is 6.17. The molecule has 1 amide bonds. The highest BCUT2D eigenvalue weighted by Gasteiger charge is 2.46. The zero-order valence-electron chi connectivity index (χ0n) is 15.6. The predicted octanol–water partition coefficient (Wildman–Crippen LogP) is 4.05. The predicted molar refractivity (Wildman–Crippen MR) is 107 cm³/mol. The van der Waals surface area contributed by atoms with Crippen LogP contribution in [0.15, 0.2) is 59.1 Å². The Balaban J connectivity index is 1.71. The molecule has 30 heavy (non-hydrogen) atoms. The molecular formula is C19H17ClF3N3O3S. The smallest absolute Gasteiger partial charge is 0.351 e. The highest BCUT2D eigenvalue weighted by Crippen LogP contribution is 2.31. The van der Waals surface area contributed by atoms with Crippen LogP contribution < -0.4 is 10.2 Å². The molecule has 0 saturated carbocycles. The Labute approximate surface area is 176 Å². The van der Waals surface area contributed by atoms with Gasteiger partial charge >= 0.3 is 5.51 Å². The Morgan fingerprint density at radius 2 is 1.90 bits per heavy atom. The van der Waals surface area contributed by atoms with Gasteiger partial charge in [-0.3, -0.25) is 4.79 Å². The van der Waals surface area contributed by atoms with Crippen LogP contribution in [0, 0.1) is 5.92 Å². The summed E-state index contributed by atoms with van der Waals surface area (Å²) in [4.78, 5) is 17.9. The van der Waals surface area contributed by atoms with Gasteiger partial charge in [0.1, 0.15) is 5.82 Å². The van der Waals surface area contributed by atoms with Gasteiger partial charge in [0.25, 0.3) is 15.7 Å². The van der Waals surface area contributed by atoms with Crippen LogP contribution in [0.4, 0.5) is 24.7 Å². The van der Waals surface area contributed by atoms with Gasteiger partial charge in [-0.2, -0.15) is 13.2 Å². The lowest BCUT2D eigenvalue weighted by molar-refractivity contribution is -0.113. The number of carbonyl (C=O) groups is 1. The maximum atomic E-state index is 12.6. The number of benzene rings is 1. The van der Waals surface area contributed by atoms with E-state index in [1.807, 2.05) is 11.8 Å². The molecule has 0 spiro atoms.